The van der Waals surface area contributed by atoms with E-state index < -0.39 is 9.84 Å². The first kappa shape index (κ1) is 11.2. The van der Waals surface area contributed by atoms with Gasteiger partial charge < -0.3 is 5.32 Å². The zero-order valence-electron chi connectivity index (χ0n) is 9.45. The summed E-state index contributed by atoms with van der Waals surface area (Å²) in [6, 6.07) is 7.37. The average molecular weight is 261 g/mol. The standard InChI is InChI=1S/C12H11N3O2S/c16-18(17)6-5-9(7-18)15-12-10-3-1-2-4-11(10)13-8-14-12/h1-6,8-9H,7H2,(H,13,14,15). The maximum Gasteiger partial charge on any atom is 0.173 e. The lowest BCUT2D eigenvalue weighted by Gasteiger charge is -2.12. The van der Waals surface area contributed by atoms with E-state index in [0.717, 1.165) is 10.9 Å². The van der Waals surface area contributed by atoms with E-state index in [-0.39, 0.29) is 11.8 Å². The van der Waals surface area contributed by atoms with E-state index in [1.807, 2.05) is 24.3 Å². The molecule has 5 nitrogen and oxygen atoms in total. The Labute approximate surface area is 104 Å². The number of para-hydroxylation sites is 1. The molecule has 2 heterocycles. The van der Waals surface area contributed by atoms with Gasteiger partial charge in [-0.1, -0.05) is 12.1 Å². The highest BCUT2D eigenvalue weighted by Gasteiger charge is 2.22. The number of benzene rings is 1. The molecule has 1 aromatic heterocycles. The van der Waals surface area contributed by atoms with Crippen LogP contribution in [-0.2, 0) is 9.84 Å². The topological polar surface area (TPSA) is 72.0 Å². The number of fused-ring (bicyclic) bond motifs is 1. The predicted octanol–water partition coefficient (Wildman–Crippen LogP) is 1.35. The smallest absolute Gasteiger partial charge is 0.173 e. The van der Waals surface area contributed by atoms with Crippen LogP contribution in [0.25, 0.3) is 10.9 Å². The normalized spacial score (nSPS) is 21.2. The summed E-state index contributed by atoms with van der Waals surface area (Å²) in [6.45, 7) is 0. The maximum absolute atomic E-state index is 11.3. The van der Waals surface area contributed by atoms with E-state index in [1.165, 1.54) is 11.7 Å². The number of anilines is 1. The molecule has 1 aliphatic heterocycles. The van der Waals surface area contributed by atoms with Gasteiger partial charge in [0.2, 0.25) is 0 Å². The molecule has 3 rings (SSSR count). The van der Waals surface area contributed by atoms with Crippen molar-refractivity contribution in [2.75, 3.05) is 11.1 Å². The first-order valence-corrected chi connectivity index (χ1v) is 7.23. The second kappa shape index (κ2) is 4.06. The number of hydrogen-bond donors (Lipinski definition) is 1. The highest BCUT2D eigenvalue weighted by atomic mass is 32.2. The van der Waals surface area contributed by atoms with Gasteiger partial charge in [0.15, 0.2) is 9.84 Å². The summed E-state index contributed by atoms with van der Waals surface area (Å²) in [7, 11) is -3.06. The van der Waals surface area contributed by atoms with E-state index in [2.05, 4.69) is 15.3 Å². The van der Waals surface area contributed by atoms with Crippen LogP contribution < -0.4 is 5.32 Å². The highest BCUT2D eigenvalue weighted by Crippen LogP contribution is 2.21. The Bertz CT molecular complexity index is 720. The largest absolute Gasteiger partial charge is 0.362 e. The van der Waals surface area contributed by atoms with Crippen molar-refractivity contribution in [3.8, 4) is 0 Å². The molecule has 6 heteroatoms. The fourth-order valence-electron chi connectivity index (χ4n) is 1.96. The molecule has 1 atom stereocenters. The van der Waals surface area contributed by atoms with Crippen molar-refractivity contribution in [3.05, 3.63) is 42.1 Å². The number of nitrogens with zero attached hydrogens (tertiary/aromatic N) is 2. The fourth-order valence-corrected chi connectivity index (χ4v) is 3.20. The van der Waals surface area contributed by atoms with Crippen molar-refractivity contribution in [2.45, 2.75) is 6.04 Å². The maximum atomic E-state index is 11.3. The van der Waals surface area contributed by atoms with Gasteiger partial charge >= 0.3 is 0 Å². The van der Waals surface area contributed by atoms with E-state index in [0.29, 0.717) is 5.82 Å². The molecular formula is C12H11N3O2S. The lowest BCUT2D eigenvalue weighted by Crippen LogP contribution is -2.21. The molecule has 0 aliphatic carbocycles. The minimum Gasteiger partial charge on any atom is -0.362 e. The van der Waals surface area contributed by atoms with Crippen molar-refractivity contribution in [1.29, 1.82) is 0 Å². The van der Waals surface area contributed by atoms with E-state index >= 15 is 0 Å². The van der Waals surface area contributed by atoms with Gasteiger partial charge in [-0.25, -0.2) is 18.4 Å². The Balaban J connectivity index is 1.94. The number of sulfone groups is 1. The minimum absolute atomic E-state index is 0.0747. The van der Waals surface area contributed by atoms with Gasteiger partial charge in [-0.2, -0.15) is 0 Å². The molecule has 0 fully saturated rings. The fraction of sp³-hybridized carbons (Fsp3) is 0.167. The Hall–Kier alpha value is -1.95. The monoisotopic (exact) mass is 261 g/mol. The van der Waals surface area contributed by atoms with Crippen molar-refractivity contribution >= 4 is 26.6 Å². The van der Waals surface area contributed by atoms with Crippen molar-refractivity contribution < 1.29 is 8.42 Å². The molecular weight excluding hydrogens is 250 g/mol. The lowest BCUT2D eigenvalue weighted by molar-refractivity contribution is 0.605. The van der Waals surface area contributed by atoms with Crippen LogP contribution >= 0.6 is 0 Å². The third kappa shape index (κ3) is 2.06. The van der Waals surface area contributed by atoms with Crippen molar-refractivity contribution in [1.82, 2.24) is 9.97 Å². The van der Waals surface area contributed by atoms with E-state index in [4.69, 9.17) is 0 Å². The van der Waals surface area contributed by atoms with Crippen LogP contribution in [0.2, 0.25) is 0 Å². The summed E-state index contributed by atoms with van der Waals surface area (Å²) in [5.41, 5.74) is 0.833. The van der Waals surface area contributed by atoms with Crippen molar-refractivity contribution in [3.63, 3.8) is 0 Å². The molecule has 1 aliphatic rings. The summed E-state index contributed by atoms with van der Waals surface area (Å²) in [4.78, 5) is 8.32. The first-order chi connectivity index (χ1) is 8.64. The molecule has 0 spiro atoms. The van der Waals surface area contributed by atoms with E-state index in [1.54, 1.807) is 6.08 Å². The van der Waals surface area contributed by atoms with Gasteiger partial charge in [0.1, 0.15) is 12.1 Å². The van der Waals surface area contributed by atoms with Crippen LogP contribution in [0.15, 0.2) is 42.1 Å². The van der Waals surface area contributed by atoms with Gasteiger partial charge in [0.05, 0.1) is 17.3 Å². The SMILES string of the molecule is O=S1(=O)C=CC(Nc2ncnc3ccccc23)C1. The number of nitrogens with one attached hydrogen (secondary N) is 1. The quantitative estimate of drug-likeness (QED) is 0.883. The molecule has 0 bridgehead atoms. The third-order valence-corrected chi connectivity index (χ3v) is 4.19. The number of hydrogen-bond acceptors (Lipinski definition) is 5. The van der Waals surface area contributed by atoms with Crippen LogP contribution in [0.1, 0.15) is 0 Å². The molecule has 1 unspecified atom stereocenters. The minimum atomic E-state index is -3.06. The molecule has 92 valence electrons. The summed E-state index contributed by atoms with van der Waals surface area (Å²) in [6.07, 6.45) is 3.12. The molecule has 0 radical (unpaired) electrons. The Morgan fingerprint density at radius 1 is 1.22 bits per heavy atom. The van der Waals surface area contributed by atoms with Gasteiger partial charge in [-0.05, 0) is 18.2 Å². The van der Waals surface area contributed by atoms with Gasteiger partial charge in [-0.15, -0.1) is 0 Å². The van der Waals surface area contributed by atoms with Crippen LogP contribution in [0.4, 0.5) is 5.82 Å². The summed E-state index contributed by atoms with van der Waals surface area (Å²) in [5.74, 6) is 0.734. The van der Waals surface area contributed by atoms with Crippen LogP contribution in [0.3, 0.4) is 0 Å². The predicted molar refractivity (Wildman–Crippen MR) is 69.9 cm³/mol. The molecule has 0 saturated carbocycles. The molecule has 1 aromatic carbocycles. The Morgan fingerprint density at radius 3 is 2.83 bits per heavy atom. The Kier molecular flexibility index (Phi) is 2.52. The van der Waals surface area contributed by atoms with Gasteiger partial charge in [-0.3, -0.25) is 0 Å². The zero-order valence-corrected chi connectivity index (χ0v) is 10.3. The van der Waals surface area contributed by atoms with Crippen molar-refractivity contribution in [2.24, 2.45) is 0 Å². The van der Waals surface area contributed by atoms with Crippen LogP contribution in [0, 0.1) is 0 Å². The number of rotatable bonds is 2. The summed E-state index contributed by atoms with van der Waals surface area (Å²) < 4.78 is 22.7. The van der Waals surface area contributed by atoms with Crippen LogP contribution in [0.5, 0.6) is 0 Å². The van der Waals surface area contributed by atoms with Gasteiger partial charge in [0.25, 0.3) is 0 Å². The summed E-state index contributed by atoms with van der Waals surface area (Å²) in [5, 5.41) is 5.25. The highest BCUT2D eigenvalue weighted by molar-refractivity contribution is 7.94. The van der Waals surface area contributed by atoms with Gasteiger partial charge in [0, 0.05) is 10.8 Å². The van der Waals surface area contributed by atoms with Crippen LogP contribution in [-0.4, -0.2) is 30.2 Å². The average Bonchev–Trinajstić information content (AvgIpc) is 2.69. The summed E-state index contributed by atoms with van der Waals surface area (Å²) >= 11 is 0. The number of aromatic nitrogens is 2. The Morgan fingerprint density at radius 2 is 2.06 bits per heavy atom. The second-order valence-corrected chi connectivity index (χ2v) is 6.08. The second-order valence-electron chi connectivity index (χ2n) is 4.15. The van der Waals surface area contributed by atoms with E-state index in [9.17, 15) is 8.42 Å². The molecule has 1 N–H and O–H groups in total. The molecule has 18 heavy (non-hydrogen) atoms. The third-order valence-electron chi connectivity index (χ3n) is 2.80. The lowest BCUT2D eigenvalue weighted by atomic mass is 10.2. The first-order valence-electron chi connectivity index (χ1n) is 5.51. The molecule has 2 aromatic rings. The zero-order chi connectivity index (χ0) is 12.6. The molecule has 0 amide bonds. The molecule has 0 saturated heterocycles.